The third-order valence-electron chi connectivity index (χ3n) is 4.38. The number of hydrogen-bond donors (Lipinski definition) is 0. The van der Waals surface area contributed by atoms with Crippen LogP contribution < -0.4 is 4.74 Å². The van der Waals surface area contributed by atoms with Gasteiger partial charge in [0.05, 0.1) is 0 Å². The van der Waals surface area contributed by atoms with Crippen LogP contribution in [0.1, 0.15) is 51.9 Å². The van der Waals surface area contributed by atoms with Crippen LogP contribution in [-0.4, -0.2) is 30.6 Å². The second kappa shape index (κ2) is 8.31. The highest BCUT2D eigenvalue weighted by Gasteiger charge is 2.28. The number of hydrogen-bond acceptors (Lipinski definition) is 2. The lowest BCUT2D eigenvalue weighted by atomic mass is 9.94. The summed E-state index contributed by atoms with van der Waals surface area (Å²) in [4.78, 5) is 2.50. The molecule has 0 aromatic heterocycles. The van der Waals surface area contributed by atoms with Crippen molar-refractivity contribution in [3.05, 3.63) is 30.3 Å². The van der Waals surface area contributed by atoms with Gasteiger partial charge in [-0.1, -0.05) is 44.4 Å². The van der Waals surface area contributed by atoms with Gasteiger partial charge in [-0.25, -0.2) is 0 Å². The van der Waals surface area contributed by atoms with Crippen LogP contribution in [0.4, 0.5) is 0 Å². The highest BCUT2D eigenvalue weighted by atomic mass is 16.5. The van der Waals surface area contributed by atoms with E-state index in [0.717, 1.165) is 5.75 Å². The Morgan fingerprint density at radius 2 is 2.00 bits per heavy atom. The fourth-order valence-electron chi connectivity index (χ4n) is 3.17. The summed E-state index contributed by atoms with van der Waals surface area (Å²) in [5.41, 5.74) is 0. The normalized spacial score (nSPS) is 21.6. The van der Waals surface area contributed by atoms with Gasteiger partial charge in [0.15, 0.2) is 0 Å². The lowest BCUT2D eigenvalue weighted by Gasteiger charge is -2.38. The average Bonchev–Trinajstić information content (AvgIpc) is 2.48. The fourth-order valence-corrected chi connectivity index (χ4v) is 3.17. The van der Waals surface area contributed by atoms with Gasteiger partial charge in [-0.2, -0.15) is 0 Å². The molecule has 1 aliphatic heterocycles. The summed E-state index contributed by atoms with van der Waals surface area (Å²) in [5.74, 6) is 1.02. The van der Waals surface area contributed by atoms with E-state index < -0.39 is 0 Å². The number of rotatable bonds is 7. The van der Waals surface area contributed by atoms with Gasteiger partial charge in [-0.05, 0) is 51.4 Å². The first kappa shape index (κ1) is 15.4. The molecule has 2 heteroatoms. The molecule has 0 spiro atoms. The fraction of sp³-hybridized carbons (Fsp3) is 0.667. The Balaban J connectivity index is 1.99. The smallest absolute Gasteiger partial charge is 0.119 e. The van der Waals surface area contributed by atoms with Gasteiger partial charge in [0.1, 0.15) is 11.9 Å². The zero-order valence-electron chi connectivity index (χ0n) is 13.1. The first-order valence-corrected chi connectivity index (χ1v) is 8.23. The zero-order chi connectivity index (χ0) is 14.2. The number of para-hydroxylation sites is 1. The topological polar surface area (TPSA) is 12.5 Å². The molecular weight excluding hydrogens is 246 g/mol. The average molecular weight is 275 g/mol. The van der Waals surface area contributed by atoms with Crippen molar-refractivity contribution in [2.24, 2.45) is 0 Å². The minimum Gasteiger partial charge on any atom is -0.489 e. The molecule has 2 nitrogen and oxygen atoms in total. The molecule has 1 aromatic carbocycles. The van der Waals surface area contributed by atoms with Gasteiger partial charge in [-0.15, -0.1) is 0 Å². The molecule has 1 saturated heterocycles. The summed E-state index contributed by atoms with van der Waals surface area (Å²) in [5, 5.41) is 0. The molecule has 1 heterocycles. The predicted octanol–water partition coefficient (Wildman–Crippen LogP) is 4.50. The summed E-state index contributed by atoms with van der Waals surface area (Å²) in [6.45, 7) is 3.48. The van der Waals surface area contributed by atoms with Crippen LogP contribution in [0.25, 0.3) is 0 Å². The van der Waals surface area contributed by atoms with Crippen molar-refractivity contribution in [3.8, 4) is 5.75 Å². The Morgan fingerprint density at radius 3 is 2.70 bits per heavy atom. The summed E-state index contributed by atoms with van der Waals surface area (Å²) < 4.78 is 6.33. The van der Waals surface area contributed by atoms with Crippen molar-refractivity contribution in [1.29, 1.82) is 0 Å². The lowest BCUT2D eigenvalue weighted by molar-refractivity contribution is 0.0508. The minimum atomic E-state index is 0.342. The maximum absolute atomic E-state index is 6.33. The van der Waals surface area contributed by atoms with Gasteiger partial charge in [0.25, 0.3) is 0 Å². The van der Waals surface area contributed by atoms with Crippen LogP contribution in [-0.2, 0) is 0 Å². The molecular formula is C18H29NO. The Kier molecular flexibility index (Phi) is 6.38. The van der Waals surface area contributed by atoms with Gasteiger partial charge >= 0.3 is 0 Å². The van der Waals surface area contributed by atoms with Crippen LogP contribution in [0.15, 0.2) is 30.3 Å². The largest absolute Gasteiger partial charge is 0.489 e. The molecule has 1 aliphatic rings. The number of piperidine rings is 1. The second-order valence-corrected chi connectivity index (χ2v) is 6.01. The van der Waals surface area contributed by atoms with E-state index >= 15 is 0 Å². The second-order valence-electron chi connectivity index (χ2n) is 6.01. The zero-order valence-corrected chi connectivity index (χ0v) is 13.1. The molecule has 1 fully saturated rings. The maximum Gasteiger partial charge on any atom is 0.119 e. The van der Waals surface area contributed by atoms with Crippen molar-refractivity contribution < 1.29 is 4.74 Å². The minimum absolute atomic E-state index is 0.342. The predicted molar refractivity (Wildman–Crippen MR) is 85.3 cm³/mol. The number of likely N-dealkylation sites (N-methyl/N-ethyl adjacent to an activating group) is 1. The van der Waals surface area contributed by atoms with E-state index in [1.807, 2.05) is 6.07 Å². The van der Waals surface area contributed by atoms with E-state index in [1.165, 1.54) is 51.5 Å². The van der Waals surface area contributed by atoms with E-state index in [1.54, 1.807) is 0 Å². The first-order valence-electron chi connectivity index (χ1n) is 8.23. The van der Waals surface area contributed by atoms with Crippen LogP contribution in [0.5, 0.6) is 5.75 Å². The molecule has 2 rings (SSSR count). The van der Waals surface area contributed by atoms with E-state index in [2.05, 4.69) is 43.1 Å². The maximum atomic E-state index is 6.33. The molecule has 0 N–H and O–H groups in total. The monoisotopic (exact) mass is 275 g/mol. The summed E-state index contributed by atoms with van der Waals surface area (Å²) in [6.07, 6.45) is 9.34. The Morgan fingerprint density at radius 1 is 1.20 bits per heavy atom. The van der Waals surface area contributed by atoms with Gasteiger partial charge in [-0.3, -0.25) is 4.90 Å². The SMILES string of the molecule is CCCCCC(Oc1ccccc1)C1CCCCN1C. The first-order chi connectivity index (χ1) is 9.81. The highest BCUT2D eigenvalue weighted by molar-refractivity contribution is 5.21. The van der Waals surface area contributed by atoms with Crippen molar-refractivity contribution in [2.75, 3.05) is 13.6 Å². The van der Waals surface area contributed by atoms with Gasteiger partial charge in [0, 0.05) is 6.04 Å². The van der Waals surface area contributed by atoms with Crippen molar-refractivity contribution in [3.63, 3.8) is 0 Å². The molecule has 0 radical (unpaired) electrons. The van der Waals surface area contributed by atoms with Gasteiger partial charge in [0.2, 0.25) is 0 Å². The number of unbranched alkanes of at least 4 members (excludes halogenated alkanes) is 2. The van der Waals surface area contributed by atoms with Gasteiger partial charge < -0.3 is 4.74 Å². The number of likely N-dealkylation sites (tertiary alicyclic amines) is 1. The van der Waals surface area contributed by atoms with E-state index in [0.29, 0.717) is 12.1 Å². The molecule has 2 unspecified atom stereocenters. The lowest BCUT2D eigenvalue weighted by Crippen LogP contribution is -2.46. The number of nitrogens with zero attached hydrogens (tertiary/aromatic N) is 1. The quantitative estimate of drug-likeness (QED) is 0.679. The van der Waals surface area contributed by atoms with E-state index in [9.17, 15) is 0 Å². The third-order valence-corrected chi connectivity index (χ3v) is 4.38. The molecule has 0 amide bonds. The number of ether oxygens (including phenoxy) is 1. The molecule has 0 saturated carbocycles. The molecule has 1 aromatic rings. The summed E-state index contributed by atoms with van der Waals surface area (Å²) >= 11 is 0. The molecule has 2 atom stereocenters. The Bertz CT molecular complexity index is 365. The summed E-state index contributed by atoms with van der Waals surface area (Å²) in [6, 6.07) is 10.9. The van der Waals surface area contributed by atoms with Crippen molar-refractivity contribution >= 4 is 0 Å². The van der Waals surface area contributed by atoms with Crippen LogP contribution >= 0.6 is 0 Å². The van der Waals surface area contributed by atoms with E-state index in [-0.39, 0.29) is 0 Å². The Hall–Kier alpha value is -1.02. The molecule has 112 valence electrons. The molecule has 20 heavy (non-hydrogen) atoms. The third kappa shape index (κ3) is 4.52. The molecule has 0 aliphatic carbocycles. The number of benzene rings is 1. The van der Waals surface area contributed by atoms with Crippen molar-refractivity contribution in [2.45, 2.75) is 64.0 Å². The van der Waals surface area contributed by atoms with Crippen molar-refractivity contribution in [1.82, 2.24) is 4.90 Å². The molecule has 0 bridgehead atoms. The van der Waals surface area contributed by atoms with Crippen LogP contribution in [0.3, 0.4) is 0 Å². The highest BCUT2D eigenvalue weighted by Crippen LogP contribution is 2.25. The van der Waals surface area contributed by atoms with Crippen LogP contribution in [0, 0.1) is 0 Å². The van der Waals surface area contributed by atoms with E-state index in [4.69, 9.17) is 4.74 Å². The summed E-state index contributed by atoms with van der Waals surface area (Å²) in [7, 11) is 2.25. The van der Waals surface area contributed by atoms with Crippen LogP contribution in [0.2, 0.25) is 0 Å². The standard InChI is InChI=1S/C18H29NO/c1-3-4-6-14-18(17-13-9-10-15-19(17)2)20-16-11-7-5-8-12-16/h5,7-8,11-12,17-18H,3-4,6,9-10,13-15H2,1-2H3. The Labute approximate surface area is 124 Å².